The molecule has 13 heavy (non-hydrogen) atoms. The van der Waals surface area contributed by atoms with Gasteiger partial charge in [-0.15, -0.1) is 11.3 Å². The van der Waals surface area contributed by atoms with Crippen LogP contribution in [0.5, 0.6) is 0 Å². The van der Waals surface area contributed by atoms with E-state index in [1.54, 1.807) is 17.4 Å². The topological polar surface area (TPSA) is 30.2 Å². The normalized spacial score (nSPS) is 10.2. The molecule has 66 valence electrons. The second-order valence-corrected chi connectivity index (χ2v) is 4.18. The lowest BCUT2D eigenvalue weighted by Gasteiger charge is -1.93. The molecule has 0 aliphatic carbocycles. The maximum Gasteiger partial charge on any atom is 0.185 e. The number of aldehydes is 1. The van der Waals surface area contributed by atoms with Crippen molar-refractivity contribution in [2.75, 3.05) is 0 Å². The van der Waals surface area contributed by atoms with E-state index in [-0.39, 0.29) is 0 Å². The minimum Gasteiger partial charge on any atom is -0.461 e. The number of thiophene rings is 1. The fourth-order valence-corrected chi connectivity index (χ4v) is 2.70. The van der Waals surface area contributed by atoms with Crippen LogP contribution in [-0.4, -0.2) is 6.29 Å². The number of carbonyl (C=O) groups excluding carboxylic acids is 1. The zero-order chi connectivity index (χ0) is 9.26. The minimum atomic E-state index is 0.378. The van der Waals surface area contributed by atoms with E-state index < -0.39 is 0 Å². The average molecular weight is 257 g/mol. The summed E-state index contributed by atoms with van der Waals surface area (Å²) in [5.41, 5.74) is 0.844. The summed E-state index contributed by atoms with van der Waals surface area (Å²) < 4.78 is 6.00. The highest BCUT2D eigenvalue weighted by Crippen LogP contribution is 2.35. The van der Waals surface area contributed by atoms with Gasteiger partial charge in [-0.3, -0.25) is 4.79 Å². The highest BCUT2D eigenvalue weighted by molar-refractivity contribution is 9.10. The predicted molar refractivity (Wildman–Crippen MR) is 55.1 cm³/mol. The third kappa shape index (κ3) is 1.47. The molecule has 2 aromatic rings. The molecule has 0 N–H and O–H groups in total. The Morgan fingerprint density at radius 1 is 1.46 bits per heavy atom. The highest BCUT2D eigenvalue weighted by Gasteiger charge is 2.11. The van der Waals surface area contributed by atoms with Crippen molar-refractivity contribution in [1.29, 1.82) is 0 Å². The summed E-state index contributed by atoms with van der Waals surface area (Å²) in [6.07, 6.45) is 2.24. The van der Waals surface area contributed by atoms with Gasteiger partial charge >= 0.3 is 0 Å². The zero-order valence-corrected chi connectivity index (χ0v) is 8.89. The molecule has 0 aliphatic rings. The Balaban J connectivity index is 2.58. The third-order valence-electron chi connectivity index (χ3n) is 1.66. The molecule has 0 amide bonds. The van der Waals surface area contributed by atoms with Crippen molar-refractivity contribution in [2.45, 2.75) is 0 Å². The van der Waals surface area contributed by atoms with Gasteiger partial charge in [-0.05, 0) is 33.4 Å². The molecule has 0 atom stereocenters. The molecule has 0 radical (unpaired) electrons. The molecular weight excluding hydrogens is 252 g/mol. The fourth-order valence-electron chi connectivity index (χ4n) is 1.09. The van der Waals surface area contributed by atoms with Crippen LogP contribution < -0.4 is 0 Å². The molecule has 2 nitrogen and oxygen atoms in total. The van der Waals surface area contributed by atoms with Gasteiger partial charge in [-0.1, -0.05) is 0 Å². The molecule has 0 bridgehead atoms. The molecule has 0 saturated heterocycles. The van der Waals surface area contributed by atoms with Crippen LogP contribution in [0.3, 0.4) is 0 Å². The monoisotopic (exact) mass is 256 g/mol. The van der Waals surface area contributed by atoms with Gasteiger partial charge in [-0.2, -0.15) is 0 Å². The molecular formula is C9H5BrO2S. The zero-order valence-electron chi connectivity index (χ0n) is 6.49. The van der Waals surface area contributed by atoms with Crippen LogP contribution in [0, 0.1) is 0 Å². The summed E-state index contributed by atoms with van der Waals surface area (Å²) in [5, 5.41) is 1.96. The van der Waals surface area contributed by atoms with E-state index in [1.165, 1.54) is 6.26 Å². The SMILES string of the molecule is O=Cc1occc1-c1sccc1Br. The summed E-state index contributed by atoms with van der Waals surface area (Å²) in [4.78, 5) is 11.6. The number of hydrogen-bond acceptors (Lipinski definition) is 3. The molecule has 2 heterocycles. The van der Waals surface area contributed by atoms with Crippen molar-refractivity contribution in [3.05, 3.63) is 34.0 Å². The second-order valence-electron chi connectivity index (χ2n) is 2.41. The molecule has 0 saturated carbocycles. The van der Waals surface area contributed by atoms with E-state index in [0.717, 1.165) is 21.2 Å². The molecule has 4 heteroatoms. The van der Waals surface area contributed by atoms with Crippen molar-refractivity contribution in [2.24, 2.45) is 0 Å². The minimum absolute atomic E-state index is 0.378. The summed E-state index contributed by atoms with van der Waals surface area (Å²) in [5.74, 6) is 0.378. The number of hydrogen-bond donors (Lipinski definition) is 0. The summed E-state index contributed by atoms with van der Waals surface area (Å²) in [6, 6.07) is 3.74. The third-order valence-corrected chi connectivity index (χ3v) is 3.53. The van der Waals surface area contributed by atoms with E-state index in [1.807, 2.05) is 11.4 Å². The van der Waals surface area contributed by atoms with Crippen LogP contribution in [0.1, 0.15) is 10.6 Å². The van der Waals surface area contributed by atoms with E-state index >= 15 is 0 Å². The molecule has 2 rings (SSSR count). The lowest BCUT2D eigenvalue weighted by Crippen LogP contribution is -1.77. The maximum atomic E-state index is 10.6. The van der Waals surface area contributed by atoms with Crippen LogP contribution in [0.4, 0.5) is 0 Å². The molecule has 0 aliphatic heterocycles. The van der Waals surface area contributed by atoms with E-state index in [2.05, 4.69) is 15.9 Å². The van der Waals surface area contributed by atoms with E-state index in [0.29, 0.717) is 5.76 Å². The van der Waals surface area contributed by atoms with Crippen molar-refractivity contribution in [3.8, 4) is 10.4 Å². The van der Waals surface area contributed by atoms with Crippen molar-refractivity contribution < 1.29 is 9.21 Å². The quantitative estimate of drug-likeness (QED) is 0.769. The van der Waals surface area contributed by atoms with Crippen molar-refractivity contribution in [1.82, 2.24) is 0 Å². The first-order chi connectivity index (χ1) is 6.33. The maximum absolute atomic E-state index is 10.6. The molecule has 0 spiro atoms. The number of halogens is 1. The van der Waals surface area contributed by atoms with Gasteiger partial charge in [0.15, 0.2) is 12.0 Å². The average Bonchev–Trinajstić information content (AvgIpc) is 2.71. The number of rotatable bonds is 2. The standard InChI is InChI=1S/C9H5BrO2S/c10-7-2-4-13-9(7)6-1-3-12-8(6)5-11/h1-5H. The second kappa shape index (κ2) is 3.47. The van der Waals surface area contributed by atoms with Crippen molar-refractivity contribution in [3.63, 3.8) is 0 Å². The molecule has 2 aromatic heterocycles. The van der Waals surface area contributed by atoms with Gasteiger partial charge in [-0.25, -0.2) is 0 Å². The Bertz CT molecular complexity index is 430. The van der Waals surface area contributed by atoms with Gasteiger partial charge in [0.1, 0.15) is 0 Å². The Morgan fingerprint density at radius 3 is 2.92 bits per heavy atom. The Labute approximate surface area is 87.3 Å². The fraction of sp³-hybridized carbons (Fsp3) is 0. The Hall–Kier alpha value is -0.870. The van der Waals surface area contributed by atoms with Gasteiger partial charge in [0.25, 0.3) is 0 Å². The lowest BCUT2D eigenvalue weighted by molar-refractivity contribution is 0.110. The predicted octanol–water partition coefficient (Wildman–Crippen LogP) is 3.58. The van der Waals surface area contributed by atoms with Crippen LogP contribution in [0.2, 0.25) is 0 Å². The Kier molecular flexibility index (Phi) is 2.33. The van der Waals surface area contributed by atoms with Gasteiger partial charge in [0.05, 0.1) is 11.1 Å². The van der Waals surface area contributed by atoms with Crippen molar-refractivity contribution >= 4 is 33.6 Å². The van der Waals surface area contributed by atoms with Crippen LogP contribution in [0.15, 0.2) is 32.7 Å². The first-order valence-electron chi connectivity index (χ1n) is 3.59. The smallest absolute Gasteiger partial charge is 0.185 e. The van der Waals surface area contributed by atoms with Crippen LogP contribution in [-0.2, 0) is 0 Å². The van der Waals surface area contributed by atoms with E-state index in [9.17, 15) is 4.79 Å². The van der Waals surface area contributed by atoms with Gasteiger partial charge < -0.3 is 4.42 Å². The van der Waals surface area contributed by atoms with Crippen LogP contribution in [0.25, 0.3) is 10.4 Å². The van der Waals surface area contributed by atoms with Gasteiger partial charge in [0.2, 0.25) is 0 Å². The molecule has 0 aromatic carbocycles. The summed E-state index contributed by atoms with van der Waals surface area (Å²) in [6.45, 7) is 0. The lowest BCUT2D eigenvalue weighted by atomic mass is 10.2. The first-order valence-corrected chi connectivity index (χ1v) is 5.26. The largest absolute Gasteiger partial charge is 0.461 e. The summed E-state index contributed by atoms with van der Waals surface area (Å²) in [7, 11) is 0. The molecule has 0 unspecified atom stereocenters. The molecule has 0 fully saturated rings. The first kappa shape index (κ1) is 8.72. The Morgan fingerprint density at radius 2 is 2.31 bits per heavy atom. The highest BCUT2D eigenvalue weighted by atomic mass is 79.9. The summed E-state index contributed by atoms with van der Waals surface area (Å²) >= 11 is 4.97. The number of furan rings is 1. The van der Waals surface area contributed by atoms with Crippen LogP contribution >= 0.6 is 27.3 Å². The number of carbonyl (C=O) groups is 1. The van der Waals surface area contributed by atoms with Gasteiger partial charge in [0, 0.05) is 10.0 Å². The van der Waals surface area contributed by atoms with E-state index in [4.69, 9.17) is 4.42 Å².